The topological polar surface area (TPSA) is 49.6 Å². The molecule has 2 fully saturated rings. The number of hydrogen-bond donors (Lipinski definition) is 0. The second-order valence-electron chi connectivity index (χ2n) is 8.01. The molecule has 0 unspecified atom stereocenters. The van der Waals surface area contributed by atoms with Crippen LogP contribution < -0.4 is 0 Å². The van der Waals surface area contributed by atoms with E-state index in [4.69, 9.17) is 4.52 Å². The first-order valence-corrected chi connectivity index (χ1v) is 10.2. The maximum absolute atomic E-state index is 12.8. The van der Waals surface area contributed by atoms with Gasteiger partial charge in [-0.2, -0.15) is 0 Å². The lowest BCUT2D eigenvalue weighted by Gasteiger charge is -2.34. The molecule has 2 aromatic rings. The Bertz CT molecular complexity index is 750. The highest BCUT2D eigenvalue weighted by atomic mass is 16.5. The maximum atomic E-state index is 12.8. The quantitative estimate of drug-likeness (QED) is 0.810. The Hall–Kier alpha value is -2.14. The molecule has 1 aromatic carbocycles. The summed E-state index contributed by atoms with van der Waals surface area (Å²) in [6, 6.07) is 12.9. The van der Waals surface area contributed by atoms with E-state index in [0.717, 1.165) is 63.2 Å². The van der Waals surface area contributed by atoms with Gasteiger partial charge in [-0.05, 0) is 57.1 Å². The lowest BCUT2D eigenvalue weighted by Crippen LogP contribution is -2.44. The fraction of sp³-hybridized carbons (Fsp3) is 0.545. The number of amides is 1. The van der Waals surface area contributed by atoms with Gasteiger partial charge in [0.25, 0.3) is 0 Å². The lowest BCUT2D eigenvalue weighted by molar-refractivity contribution is -0.134. The van der Waals surface area contributed by atoms with Crippen molar-refractivity contribution >= 4 is 5.91 Å². The standard InChI is InChI=1S/C22H29N3O2/c1-17-14-21(27-23-17)20-8-5-11-25(20)16-22(26)24-12-9-19(10-13-24)15-18-6-3-2-4-7-18/h2-4,6-7,14,19-20H,5,8-13,15-16H2,1H3/t20-/m0/s1. The van der Waals surface area contributed by atoms with Crippen LogP contribution >= 0.6 is 0 Å². The Balaban J connectivity index is 1.28. The molecular formula is C22H29N3O2. The van der Waals surface area contributed by atoms with Crippen molar-refractivity contribution in [1.29, 1.82) is 0 Å². The van der Waals surface area contributed by atoms with Crippen molar-refractivity contribution in [3.05, 3.63) is 53.4 Å². The average molecular weight is 367 g/mol. The fourth-order valence-electron chi connectivity index (χ4n) is 4.49. The van der Waals surface area contributed by atoms with Crippen molar-refractivity contribution in [2.75, 3.05) is 26.2 Å². The molecule has 0 saturated carbocycles. The first-order valence-electron chi connectivity index (χ1n) is 10.2. The summed E-state index contributed by atoms with van der Waals surface area (Å²) in [5.74, 6) is 1.85. The Morgan fingerprint density at radius 2 is 1.93 bits per heavy atom. The number of likely N-dealkylation sites (tertiary alicyclic amines) is 2. The molecule has 5 nitrogen and oxygen atoms in total. The Labute approximate surface area is 161 Å². The molecule has 1 atom stereocenters. The molecule has 1 amide bonds. The highest BCUT2D eigenvalue weighted by Crippen LogP contribution is 2.32. The van der Waals surface area contributed by atoms with E-state index in [-0.39, 0.29) is 11.9 Å². The number of hydrogen-bond acceptors (Lipinski definition) is 4. The molecule has 3 heterocycles. The number of nitrogens with zero attached hydrogens (tertiary/aromatic N) is 3. The fourth-order valence-corrected chi connectivity index (χ4v) is 4.49. The molecule has 2 aliphatic rings. The van der Waals surface area contributed by atoms with Crippen LogP contribution in [-0.2, 0) is 11.2 Å². The monoisotopic (exact) mass is 367 g/mol. The first kappa shape index (κ1) is 18.2. The normalized spacial score (nSPS) is 21.7. The van der Waals surface area contributed by atoms with Crippen LogP contribution in [-0.4, -0.2) is 47.0 Å². The number of piperidine rings is 1. The van der Waals surface area contributed by atoms with Crippen LogP contribution in [0.2, 0.25) is 0 Å². The molecule has 27 heavy (non-hydrogen) atoms. The molecule has 0 N–H and O–H groups in total. The van der Waals surface area contributed by atoms with Crippen LogP contribution in [0.25, 0.3) is 0 Å². The number of aryl methyl sites for hydroxylation is 1. The predicted molar refractivity (Wildman–Crippen MR) is 104 cm³/mol. The molecule has 4 rings (SSSR count). The van der Waals surface area contributed by atoms with Gasteiger partial charge in [0.1, 0.15) is 0 Å². The van der Waals surface area contributed by atoms with Gasteiger partial charge in [0.05, 0.1) is 18.3 Å². The highest BCUT2D eigenvalue weighted by molar-refractivity contribution is 5.78. The van der Waals surface area contributed by atoms with Crippen LogP contribution in [0.5, 0.6) is 0 Å². The largest absolute Gasteiger partial charge is 0.359 e. The van der Waals surface area contributed by atoms with Crippen LogP contribution in [0.1, 0.15) is 48.7 Å². The minimum absolute atomic E-state index is 0.200. The predicted octanol–water partition coefficient (Wildman–Crippen LogP) is 3.60. The number of carbonyl (C=O) groups is 1. The van der Waals surface area contributed by atoms with Crippen molar-refractivity contribution in [3.63, 3.8) is 0 Å². The van der Waals surface area contributed by atoms with Gasteiger partial charge in [-0.1, -0.05) is 35.5 Å². The van der Waals surface area contributed by atoms with E-state index in [9.17, 15) is 4.79 Å². The summed E-state index contributed by atoms with van der Waals surface area (Å²) in [7, 11) is 0. The van der Waals surface area contributed by atoms with Gasteiger partial charge in [0.15, 0.2) is 5.76 Å². The van der Waals surface area contributed by atoms with Gasteiger partial charge in [-0.15, -0.1) is 0 Å². The zero-order valence-corrected chi connectivity index (χ0v) is 16.1. The average Bonchev–Trinajstić information content (AvgIpc) is 3.32. The van der Waals surface area contributed by atoms with E-state index in [1.165, 1.54) is 5.56 Å². The van der Waals surface area contributed by atoms with Crippen LogP contribution in [0, 0.1) is 12.8 Å². The summed E-state index contributed by atoms with van der Waals surface area (Å²) < 4.78 is 5.46. The third kappa shape index (κ3) is 4.41. The molecular weight excluding hydrogens is 338 g/mol. The molecule has 5 heteroatoms. The number of benzene rings is 1. The molecule has 0 radical (unpaired) electrons. The Morgan fingerprint density at radius 3 is 2.63 bits per heavy atom. The number of rotatable bonds is 5. The highest BCUT2D eigenvalue weighted by Gasteiger charge is 2.32. The van der Waals surface area contributed by atoms with E-state index in [1.807, 2.05) is 13.0 Å². The van der Waals surface area contributed by atoms with E-state index in [1.54, 1.807) is 0 Å². The zero-order valence-electron chi connectivity index (χ0n) is 16.1. The van der Waals surface area contributed by atoms with Gasteiger partial charge in [0.2, 0.25) is 5.91 Å². The van der Waals surface area contributed by atoms with E-state index < -0.39 is 0 Å². The van der Waals surface area contributed by atoms with Gasteiger partial charge >= 0.3 is 0 Å². The molecule has 0 aliphatic carbocycles. The summed E-state index contributed by atoms with van der Waals surface area (Å²) >= 11 is 0. The first-order chi connectivity index (χ1) is 13.2. The second-order valence-corrected chi connectivity index (χ2v) is 8.01. The minimum atomic E-state index is 0.200. The van der Waals surface area contributed by atoms with Crippen molar-refractivity contribution in [1.82, 2.24) is 15.0 Å². The van der Waals surface area contributed by atoms with Gasteiger partial charge < -0.3 is 9.42 Å². The van der Waals surface area contributed by atoms with Gasteiger partial charge in [0, 0.05) is 19.2 Å². The van der Waals surface area contributed by atoms with Crippen molar-refractivity contribution in [2.24, 2.45) is 5.92 Å². The van der Waals surface area contributed by atoms with E-state index >= 15 is 0 Å². The molecule has 0 spiro atoms. The Kier molecular flexibility index (Phi) is 5.58. The summed E-state index contributed by atoms with van der Waals surface area (Å²) in [5, 5.41) is 4.01. The van der Waals surface area contributed by atoms with Crippen LogP contribution in [0.3, 0.4) is 0 Å². The van der Waals surface area contributed by atoms with Crippen molar-refractivity contribution < 1.29 is 9.32 Å². The van der Waals surface area contributed by atoms with Crippen LogP contribution in [0.4, 0.5) is 0 Å². The minimum Gasteiger partial charge on any atom is -0.359 e. The van der Waals surface area contributed by atoms with E-state index in [2.05, 4.69) is 45.3 Å². The molecule has 2 aliphatic heterocycles. The molecule has 144 valence electrons. The summed E-state index contributed by atoms with van der Waals surface area (Å²) in [4.78, 5) is 17.2. The van der Waals surface area contributed by atoms with Gasteiger partial charge in [-0.3, -0.25) is 9.69 Å². The summed E-state index contributed by atoms with van der Waals surface area (Å²) in [5.41, 5.74) is 2.31. The Morgan fingerprint density at radius 1 is 1.15 bits per heavy atom. The second kappa shape index (κ2) is 8.26. The maximum Gasteiger partial charge on any atom is 0.236 e. The third-order valence-electron chi connectivity index (χ3n) is 6.01. The van der Waals surface area contributed by atoms with Gasteiger partial charge in [-0.25, -0.2) is 0 Å². The van der Waals surface area contributed by atoms with E-state index in [0.29, 0.717) is 12.5 Å². The molecule has 2 saturated heterocycles. The number of aromatic nitrogens is 1. The van der Waals surface area contributed by atoms with Crippen molar-refractivity contribution in [2.45, 2.75) is 45.1 Å². The summed E-state index contributed by atoms with van der Waals surface area (Å²) in [6.45, 7) is 5.16. The molecule has 1 aromatic heterocycles. The van der Waals surface area contributed by atoms with Crippen LogP contribution in [0.15, 0.2) is 40.9 Å². The molecule has 0 bridgehead atoms. The smallest absolute Gasteiger partial charge is 0.236 e. The zero-order chi connectivity index (χ0) is 18.6. The van der Waals surface area contributed by atoms with Crippen molar-refractivity contribution in [3.8, 4) is 0 Å². The third-order valence-corrected chi connectivity index (χ3v) is 6.01. The SMILES string of the molecule is Cc1cc([C@@H]2CCCN2CC(=O)N2CCC(Cc3ccccc3)CC2)on1. The lowest BCUT2D eigenvalue weighted by atomic mass is 9.90. The number of carbonyl (C=O) groups excluding carboxylic acids is 1. The summed E-state index contributed by atoms with van der Waals surface area (Å²) in [6.07, 6.45) is 5.48.